The molecule has 0 fully saturated rings. The van der Waals surface area contributed by atoms with E-state index in [1.807, 2.05) is 29.7 Å². The van der Waals surface area contributed by atoms with Crippen molar-refractivity contribution in [2.24, 2.45) is 0 Å². The fourth-order valence-corrected chi connectivity index (χ4v) is 2.28. The Labute approximate surface area is 113 Å². The molecule has 2 rings (SSSR count). The number of hydrogen-bond donors (Lipinski definition) is 1. The van der Waals surface area contributed by atoms with E-state index in [-0.39, 0.29) is 0 Å². The van der Waals surface area contributed by atoms with Gasteiger partial charge in [0.25, 0.3) is 0 Å². The average Bonchev–Trinajstić information content (AvgIpc) is 2.71. The first kappa shape index (κ1) is 12.3. The van der Waals surface area contributed by atoms with Crippen LogP contribution >= 0.6 is 28.1 Å². The van der Waals surface area contributed by atoms with Gasteiger partial charge < -0.3 is 4.74 Å². The number of rotatable bonds is 3. The van der Waals surface area contributed by atoms with Crippen molar-refractivity contribution in [3.8, 4) is 11.4 Å². The summed E-state index contributed by atoms with van der Waals surface area (Å²) in [7, 11) is 1.64. The van der Waals surface area contributed by atoms with Crippen molar-refractivity contribution in [3.63, 3.8) is 0 Å². The lowest BCUT2D eigenvalue weighted by atomic mass is 10.3. The minimum Gasteiger partial charge on any atom is -0.497 e. The van der Waals surface area contributed by atoms with Crippen LogP contribution in [0, 0.1) is 4.77 Å². The van der Waals surface area contributed by atoms with Gasteiger partial charge in [0.2, 0.25) is 0 Å². The summed E-state index contributed by atoms with van der Waals surface area (Å²) < 4.78 is 8.66. The minimum absolute atomic E-state index is 0.579. The Kier molecular flexibility index (Phi) is 3.63. The second-order valence-corrected chi connectivity index (χ2v) is 4.69. The predicted molar refractivity (Wildman–Crippen MR) is 72.4 cm³/mol. The smallest absolute Gasteiger partial charge is 0.199 e. The monoisotopic (exact) mass is 313 g/mol. The molecule has 6 heteroatoms. The third-order valence-corrected chi connectivity index (χ3v) is 3.40. The van der Waals surface area contributed by atoms with Crippen molar-refractivity contribution in [1.82, 2.24) is 14.8 Å². The highest BCUT2D eigenvalue weighted by molar-refractivity contribution is 9.10. The molecule has 0 aliphatic heterocycles. The first-order chi connectivity index (χ1) is 8.17. The van der Waals surface area contributed by atoms with Crippen LogP contribution in [0.4, 0.5) is 0 Å². The summed E-state index contributed by atoms with van der Waals surface area (Å²) in [5.74, 6) is 1.68. The lowest BCUT2D eigenvalue weighted by Crippen LogP contribution is -2.01. The Morgan fingerprint density at radius 1 is 1.53 bits per heavy atom. The van der Waals surface area contributed by atoms with E-state index in [2.05, 4.69) is 26.1 Å². The molecule has 1 N–H and O–H groups in total. The minimum atomic E-state index is 0.579. The Morgan fingerprint density at radius 3 is 2.94 bits per heavy atom. The molecule has 2 aromatic rings. The summed E-state index contributed by atoms with van der Waals surface area (Å²) in [5, 5.41) is 7.00. The molecule has 1 aromatic carbocycles. The molecular formula is C11H12BrN3OS. The largest absolute Gasteiger partial charge is 0.497 e. The molecule has 17 heavy (non-hydrogen) atoms. The fraction of sp³-hybridized carbons (Fsp3) is 0.273. The Morgan fingerprint density at radius 2 is 2.29 bits per heavy atom. The molecule has 0 spiro atoms. The highest BCUT2D eigenvalue weighted by Crippen LogP contribution is 2.27. The topological polar surface area (TPSA) is 42.8 Å². The Balaban J connectivity index is 2.66. The Bertz CT molecular complexity index is 591. The highest BCUT2D eigenvalue weighted by Gasteiger charge is 2.10. The molecule has 0 saturated heterocycles. The maximum Gasteiger partial charge on any atom is 0.199 e. The SMILES string of the molecule is CCc1n[nH]c(=S)n1-c1cc(OC)ccc1Br. The number of H-pyrrole nitrogens is 1. The molecule has 0 radical (unpaired) electrons. The fourth-order valence-electron chi connectivity index (χ4n) is 1.61. The summed E-state index contributed by atoms with van der Waals surface area (Å²) >= 11 is 8.76. The van der Waals surface area contributed by atoms with Gasteiger partial charge in [-0.05, 0) is 40.3 Å². The van der Waals surface area contributed by atoms with Crippen LogP contribution < -0.4 is 4.74 Å². The van der Waals surface area contributed by atoms with Gasteiger partial charge in [-0.15, -0.1) is 0 Å². The van der Waals surface area contributed by atoms with Crippen LogP contribution in [0.15, 0.2) is 22.7 Å². The van der Waals surface area contributed by atoms with E-state index >= 15 is 0 Å². The normalized spacial score (nSPS) is 10.5. The van der Waals surface area contributed by atoms with Crippen LogP contribution in [0.3, 0.4) is 0 Å². The zero-order valence-electron chi connectivity index (χ0n) is 9.53. The molecule has 1 aromatic heterocycles. The first-order valence-electron chi connectivity index (χ1n) is 5.17. The summed E-state index contributed by atoms with van der Waals surface area (Å²) in [6.07, 6.45) is 0.802. The van der Waals surface area contributed by atoms with Gasteiger partial charge in [-0.25, -0.2) is 0 Å². The van der Waals surface area contributed by atoms with Crippen molar-refractivity contribution < 1.29 is 4.74 Å². The molecule has 0 amide bonds. The molecule has 0 aliphatic rings. The van der Waals surface area contributed by atoms with E-state index in [9.17, 15) is 0 Å². The summed E-state index contributed by atoms with van der Waals surface area (Å²) in [6.45, 7) is 2.04. The maximum atomic E-state index is 5.24. The van der Waals surface area contributed by atoms with Gasteiger partial charge in [-0.3, -0.25) is 9.67 Å². The third-order valence-electron chi connectivity index (χ3n) is 2.45. The number of halogens is 1. The predicted octanol–water partition coefficient (Wildman–Crippen LogP) is 3.26. The quantitative estimate of drug-likeness (QED) is 0.884. The van der Waals surface area contributed by atoms with E-state index in [0.29, 0.717) is 4.77 Å². The highest BCUT2D eigenvalue weighted by atomic mass is 79.9. The average molecular weight is 314 g/mol. The van der Waals surface area contributed by atoms with Crippen molar-refractivity contribution in [3.05, 3.63) is 33.3 Å². The van der Waals surface area contributed by atoms with Crippen LogP contribution in [-0.4, -0.2) is 21.9 Å². The van der Waals surface area contributed by atoms with Crippen molar-refractivity contribution in [2.75, 3.05) is 7.11 Å². The number of methoxy groups -OCH3 is 1. The van der Waals surface area contributed by atoms with Gasteiger partial charge in [0.1, 0.15) is 11.6 Å². The lowest BCUT2D eigenvalue weighted by molar-refractivity contribution is 0.414. The van der Waals surface area contributed by atoms with E-state index < -0.39 is 0 Å². The van der Waals surface area contributed by atoms with E-state index in [0.717, 1.165) is 28.2 Å². The summed E-state index contributed by atoms with van der Waals surface area (Å²) in [5.41, 5.74) is 0.931. The molecule has 90 valence electrons. The number of aromatic amines is 1. The van der Waals surface area contributed by atoms with E-state index in [1.54, 1.807) is 7.11 Å². The number of nitrogens with one attached hydrogen (secondary N) is 1. The van der Waals surface area contributed by atoms with Crippen LogP contribution in [0.25, 0.3) is 5.69 Å². The van der Waals surface area contributed by atoms with E-state index in [4.69, 9.17) is 17.0 Å². The van der Waals surface area contributed by atoms with Gasteiger partial charge in [0.05, 0.1) is 12.8 Å². The summed E-state index contributed by atoms with van der Waals surface area (Å²) in [4.78, 5) is 0. The zero-order valence-corrected chi connectivity index (χ0v) is 11.9. The van der Waals surface area contributed by atoms with Crippen LogP contribution in [0.2, 0.25) is 0 Å². The van der Waals surface area contributed by atoms with Gasteiger partial charge in [-0.2, -0.15) is 5.10 Å². The van der Waals surface area contributed by atoms with Crippen molar-refractivity contribution in [2.45, 2.75) is 13.3 Å². The molecule has 0 saturated carbocycles. The molecule has 0 atom stereocenters. The second kappa shape index (κ2) is 5.01. The number of benzene rings is 1. The number of aromatic nitrogens is 3. The van der Waals surface area contributed by atoms with E-state index in [1.165, 1.54) is 0 Å². The number of ether oxygens (including phenoxy) is 1. The molecule has 0 aliphatic carbocycles. The number of hydrogen-bond acceptors (Lipinski definition) is 3. The molecule has 4 nitrogen and oxygen atoms in total. The third kappa shape index (κ3) is 2.28. The Hall–Kier alpha value is -1.14. The van der Waals surface area contributed by atoms with Gasteiger partial charge >= 0.3 is 0 Å². The van der Waals surface area contributed by atoms with Crippen molar-refractivity contribution in [1.29, 1.82) is 0 Å². The number of nitrogens with zero attached hydrogens (tertiary/aromatic N) is 2. The second-order valence-electron chi connectivity index (χ2n) is 3.45. The van der Waals surface area contributed by atoms with Gasteiger partial charge in [-0.1, -0.05) is 6.92 Å². The molecule has 1 heterocycles. The van der Waals surface area contributed by atoms with Gasteiger partial charge in [0, 0.05) is 17.0 Å². The first-order valence-corrected chi connectivity index (χ1v) is 6.37. The molecular weight excluding hydrogens is 302 g/mol. The van der Waals surface area contributed by atoms with Crippen LogP contribution in [-0.2, 0) is 6.42 Å². The lowest BCUT2D eigenvalue weighted by Gasteiger charge is -2.09. The maximum absolute atomic E-state index is 5.24. The van der Waals surface area contributed by atoms with Crippen molar-refractivity contribution >= 4 is 28.1 Å². The molecule has 0 bridgehead atoms. The molecule has 0 unspecified atom stereocenters. The standard InChI is InChI=1S/C11H12BrN3OS/c1-3-10-13-14-11(17)15(10)9-6-7(16-2)4-5-8(9)12/h4-6H,3H2,1-2H3,(H,14,17). The van der Waals surface area contributed by atoms with Crippen LogP contribution in [0.1, 0.15) is 12.7 Å². The van der Waals surface area contributed by atoms with Gasteiger partial charge in [0.15, 0.2) is 4.77 Å². The summed E-state index contributed by atoms with van der Waals surface area (Å²) in [6, 6.07) is 5.75. The van der Waals surface area contributed by atoms with Crippen LogP contribution in [0.5, 0.6) is 5.75 Å². The number of aryl methyl sites for hydroxylation is 1. The zero-order chi connectivity index (χ0) is 12.4.